The van der Waals surface area contributed by atoms with Crippen LogP contribution >= 0.6 is 0 Å². The van der Waals surface area contributed by atoms with Crippen LogP contribution in [-0.4, -0.2) is 35.0 Å². The van der Waals surface area contributed by atoms with Crippen LogP contribution < -0.4 is 0 Å². The lowest BCUT2D eigenvalue weighted by Gasteiger charge is -2.46. The van der Waals surface area contributed by atoms with Gasteiger partial charge in [0.25, 0.3) is 0 Å². The Morgan fingerprint density at radius 3 is 2.05 bits per heavy atom. The zero-order valence-corrected chi connectivity index (χ0v) is 28.7. The predicted octanol–water partition coefficient (Wildman–Crippen LogP) is 10.8. The maximum absolute atomic E-state index is 13.0. The van der Waals surface area contributed by atoms with Crippen molar-refractivity contribution in [2.24, 2.45) is 5.92 Å². The third kappa shape index (κ3) is 10.6. The summed E-state index contributed by atoms with van der Waals surface area (Å²) < 4.78 is 0. The van der Waals surface area contributed by atoms with E-state index in [1.54, 1.807) is 12.1 Å². The molecule has 43 heavy (non-hydrogen) atoms. The van der Waals surface area contributed by atoms with Crippen molar-refractivity contribution in [1.29, 1.82) is 10.7 Å². The van der Waals surface area contributed by atoms with Gasteiger partial charge in [-0.3, -0.25) is 9.69 Å². The van der Waals surface area contributed by atoms with E-state index in [0.717, 1.165) is 55.3 Å². The zero-order valence-electron chi connectivity index (χ0n) is 28.7. The van der Waals surface area contributed by atoms with Gasteiger partial charge in [0, 0.05) is 35.7 Å². The number of nitriles is 1. The molecule has 1 aliphatic heterocycles. The molecule has 1 saturated heterocycles. The summed E-state index contributed by atoms with van der Waals surface area (Å²) in [5.41, 5.74) is 6.99. The highest BCUT2D eigenvalue weighted by atomic mass is 16.1. The van der Waals surface area contributed by atoms with Crippen molar-refractivity contribution in [1.82, 2.24) is 4.90 Å². The number of ketones is 1. The minimum absolute atomic E-state index is 0.106. The summed E-state index contributed by atoms with van der Waals surface area (Å²) in [6.07, 6.45) is 8.28. The summed E-state index contributed by atoms with van der Waals surface area (Å²) in [6.45, 7) is 23.7. The molecule has 1 heterocycles. The van der Waals surface area contributed by atoms with Crippen LogP contribution in [0.5, 0.6) is 0 Å². The Morgan fingerprint density at radius 1 is 0.953 bits per heavy atom. The number of carbonyl (C=O) groups is 1. The smallest absolute Gasteiger partial charge is 0.165 e. The molecule has 0 bridgehead atoms. The molecule has 4 nitrogen and oxygen atoms in total. The fraction of sp³-hybridized carbons (Fsp3) is 0.564. The highest BCUT2D eigenvalue weighted by Crippen LogP contribution is 2.39. The quantitative estimate of drug-likeness (QED) is 0.247. The van der Waals surface area contributed by atoms with Crippen molar-refractivity contribution >= 4 is 17.1 Å². The number of benzene rings is 2. The first-order valence-corrected chi connectivity index (χ1v) is 16.9. The van der Waals surface area contributed by atoms with E-state index >= 15 is 0 Å². The topological polar surface area (TPSA) is 68.0 Å². The van der Waals surface area contributed by atoms with Crippen molar-refractivity contribution in [2.45, 2.75) is 132 Å². The Kier molecular flexibility index (Phi) is 17.7. The summed E-state index contributed by atoms with van der Waals surface area (Å²) in [7, 11) is 0. The molecule has 4 rings (SSSR count). The number of likely N-dealkylation sites (tertiary alicyclic amines) is 1. The summed E-state index contributed by atoms with van der Waals surface area (Å²) in [5, 5.41) is 16.8. The number of nitrogens with one attached hydrogen (secondary N) is 1. The second-order valence-corrected chi connectivity index (χ2v) is 11.2. The summed E-state index contributed by atoms with van der Waals surface area (Å²) in [5.74, 6) is 0.933. The maximum atomic E-state index is 13.0. The Labute approximate surface area is 264 Å². The molecule has 0 radical (unpaired) electrons. The molecule has 4 heteroatoms. The SMILES string of the molecule is C=C(CC(C)=N)c1ccc(C2CCN(C3CCC(C(=O)c4ccc(C#N)cc4)CC3)[C@@H](CC)C2)c(C)c1.CC.CC.CC. The average molecular weight is 586 g/mol. The van der Waals surface area contributed by atoms with Gasteiger partial charge in [0.15, 0.2) is 5.78 Å². The van der Waals surface area contributed by atoms with E-state index < -0.39 is 0 Å². The third-order valence-electron chi connectivity index (χ3n) is 8.66. The van der Waals surface area contributed by atoms with Crippen LogP contribution in [0.4, 0.5) is 0 Å². The minimum Gasteiger partial charge on any atom is -0.310 e. The number of carbonyl (C=O) groups excluding carboxylic acids is 1. The number of piperidine rings is 1. The lowest BCUT2D eigenvalue weighted by molar-refractivity contribution is 0.0500. The summed E-state index contributed by atoms with van der Waals surface area (Å²) in [6, 6.07) is 17.2. The standard InChI is InChI=1S/C33H41N3O.3C2H6/c1-5-30-20-29(32-15-12-28(19-23(32)3)22(2)18-24(4)35)16-17-36(30)31-13-10-27(11-14-31)33(37)26-8-6-25(21-34)7-9-26;3*1-2/h6-9,12,15,19,27,29-31,35H,2,5,10-11,13-14,16-18,20H2,1,3-4H3;3*1-2H3/t27?,29?,30-,31?;;;/m0.../s1. The molecule has 0 spiro atoms. The molecule has 2 fully saturated rings. The molecule has 0 aromatic heterocycles. The van der Waals surface area contributed by atoms with Gasteiger partial charge in [-0.2, -0.15) is 5.26 Å². The van der Waals surface area contributed by atoms with Gasteiger partial charge in [-0.05, 0) is 106 Å². The molecule has 1 saturated carbocycles. The van der Waals surface area contributed by atoms with Crippen molar-refractivity contribution < 1.29 is 4.79 Å². The van der Waals surface area contributed by atoms with E-state index in [1.807, 2.05) is 60.6 Å². The second-order valence-electron chi connectivity index (χ2n) is 11.2. The minimum atomic E-state index is 0.106. The number of hydrogen-bond acceptors (Lipinski definition) is 4. The Hall–Kier alpha value is -3.03. The molecule has 1 N–H and O–H groups in total. The van der Waals surface area contributed by atoms with Gasteiger partial charge in [-0.25, -0.2) is 0 Å². The first-order chi connectivity index (χ1) is 20.8. The van der Waals surface area contributed by atoms with Crippen molar-refractivity contribution in [3.63, 3.8) is 0 Å². The molecule has 1 unspecified atom stereocenters. The Morgan fingerprint density at radius 2 is 1.53 bits per heavy atom. The van der Waals surface area contributed by atoms with Gasteiger partial charge in [-0.15, -0.1) is 0 Å². The lowest BCUT2D eigenvalue weighted by Crippen LogP contribution is -2.49. The largest absolute Gasteiger partial charge is 0.310 e. The van der Waals surface area contributed by atoms with Crippen LogP contribution in [0.15, 0.2) is 49.0 Å². The fourth-order valence-electron chi connectivity index (χ4n) is 6.62. The number of nitrogens with zero attached hydrogens (tertiary/aromatic N) is 2. The third-order valence-corrected chi connectivity index (χ3v) is 8.66. The Balaban J connectivity index is 0.00000145. The molecule has 2 aliphatic rings. The highest BCUT2D eigenvalue weighted by molar-refractivity contribution is 5.98. The molecule has 0 amide bonds. The lowest BCUT2D eigenvalue weighted by atomic mass is 9.77. The molecule has 2 aromatic carbocycles. The van der Waals surface area contributed by atoms with Crippen LogP contribution in [-0.2, 0) is 0 Å². The van der Waals surface area contributed by atoms with Crippen LogP contribution in [0, 0.1) is 29.6 Å². The number of hydrogen-bond donors (Lipinski definition) is 1. The average Bonchev–Trinajstić information content (AvgIpc) is 3.06. The van der Waals surface area contributed by atoms with Gasteiger partial charge in [0.2, 0.25) is 0 Å². The monoisotopic (exact) mass is 585 g/mol. The molecular formula is C39H59N3O. The summed E-state index contributed by atoms with van der Waals surface area (Å²) in [4.78, 5) is 15.8. The van der Waals surface area contributed by atoms with E-state index in [-0.39, 0.29) is 11.7 Å². The Bertz CT molecular complexity index is 1180. The molecule has 1 aliphatic carbocycles. The van der Waals surface area contributed by atoms with E-state index in [4.69, 9.17) is 10.7 Å². The van der Waals surface area contributed by atoms with Crippen molar-refractivity contribution in [2.75, 3.05) is 6.54 Å². The highest BCUT2D eigenvalue weighted by Gasteiger charge is 2.36. The number of rotatable bonds is 8. The number of aryl methyl sites for hydroxylation is 1. The normalized spacial score (nSPS) is 21.3. The molecule has 236 valence electrons. The van der Waals surface area contributed by atoms with E-state index in [1.165, 1.54) is 24.0 Å². The van der Waals surface area contributed by atoms with Gasteiger partial charge >= 0.3 is 0 Å². The van der Waals surface area contributed by atoms with E-state index in [2.05, 4.69) is 49.6 Å². The van der Waals surface area contributed by atoms with Gasteiger partial charge in [0.05, 0.1) is 11.6 Å². The van der Waals surface area contributed by atoms with Gasteiger partial charge < -0.3 is 5.41 Å². The van der Waals surface area contributed by atoms with Crippen LogP contribution in [0.3, 0.4) is 0 Å². The van der Waals surface area contributed by atoms with Crippen LogP contribution in [0.25, 0.3) is 5.57 Å². The first-order valence-electron chi connectivity index (χ1n) is 16.9. The number of allylic oxidation sites excluding steroid dienone is 1. The van der Waals surface area contributed by atoms with Gasteiger partial charge in [-0.1, -0.05) is 85.4 Å². The van der Waals surface area contributed by atoms with Crippen LogP contribution in [0.2, 0.25) is 0 Å². The molecule has 2 aromatic rings. The van der Waals surface area contributed by atoms with Crippen molar-refractivity contribution in [3.8, 4) is 6.07 Å². The van der Waals surface area contributed by atoms with Crippen molar-refractivity contribution in [3.05, 3.63) is 76.9 Å². The fourth-order valence-corrected chi connectivity index (χ4v) is 6.62. The first kappa shape index (κ1) is 38.0. The van der Waals surface area contributed by atoms with E-state index in [9.17, 15) is 4.79 Å². The predicted molar refractivity (Wildman–Crippen MR) is 186 cm³/mol. The molecule has 2 atom stereocenters. The van der Waals surface area contributed by atoms with Gasteiger partial charge in [0.1, 0.15) is 0 Å². The maximum Gasteiger partial charge on any atom is 0.165 e. The zero-order chi connectivity index (χ0) is 32.5. The van der Waals surface area contributed by atoms with Crippen LogP contribution in [0.1, 0.15) is 145 Å². The molecular weight excluding hydrogens is 526 g/mol. The number of Topliss-reactive ketones (excluding diaryl/α,β-unsaturated/α-hetero) is 1. The second kappa shape index (κ2) is 20.0. The van der Waals surface area contributed by atoms with E-state index in [0.29, 0.717) is 35.7 Å². The summed E-state index contributed by atoms with van der Waals surface area (Å²) >= 11 is 0.